The fourth-order valence-electron chi connectivity index (χ4n) is 5.60. The summed E-state index contributed by atoms with van der Waals surface area (Å²) in [7, 11) is 2.12. The maximum Gasteiger partial charge on any atom is 0.435 e. The molecule has 2 aliphatic rings. The molecule has 0 bridgehead atoms. The Kier molecular flexibility index (Phi) is 9.00. The molecular formula is C32H41N7O4. The first-order chi connectivity index (χ1) is 20.7. The van der Waals surface area contributed by atoms with Crippen molar-refractivity contribution in [2.45, 2.75) is 53.3 Å². The number of amides is 3. The van der Waals surface area contributed by atoms with E-state index in [1.54, 1.807) is 35.8 Å². The first-order valence-electron chi connectivity index (χ1n) is 15.0. The molecule has 0 aliphatic carbocycles. The van der Waals surface area contributed by atoms with E-state index in [1.165, 1.54) is 4.68 Å². The first-order valence-corrected chi connectivity index (χ1v) is 15.0. The molecule has 0 saturated carbocycles. The highest BCUT2D eigenvalue weighted by atomic mass is 16.6. The van der Waals surface area contributed by atoms with Crippen LogP contribution in [-0.4, -0.2) is 83.5 Å². The average molecular weight is 588 g/mol. The van der Waals surface area contributed by atoms with Crippen molar-refractivity contribution >= 4 is 35.2 Å². The Balaban J connectivity index is 1.37. The highest BCUT2D eigenvalue weighted by Gasteiger charge is 2.36. The third-order valence-corrected chi connectivity index (χ3v) is 8.00. The number of rotatable bonds is 7. The second-order valence-electron chi connectivity index (χ2n) is 11.3. The van der Waals surface area contributed by atoms with Gasteiger partial charge in [0.25, 0.3) is 5.91 Å². The van der Waals surface area contributed by atoms with Crippen LogP contribution in [0.25, 0.3) is 0 Å². The second kappa shape index (κ2) is 12.9. The molecule has 43 heavy (non-hydrogen) atoms. The van der Waals surface area contributed by atoms with Gasteiger partial charge in [0.05, 0.1) is 24.9 Å². The van der Waals surface area contributed by atoms with E-state index in [0.717, 1.165) is 49.5 Å². The van der Waals surface area contributed by atoms with Crippen molar-refractivity contribution < 1.29 is 19.1 Å². The van der Waals surface area contributed by atoms with Gasteiger partial charge in [0.2, 0.25) is 0 Å². The number of fused-ring (bicyclic) bond motifs is 1. The number of benzene rings is 2. The Labute approximate surface area is 253 Å². The molecule has 1 aromatic heterocycles. The highest BCUT2D eigenvalue weighted by molar-refractivity contribution is 6.04. The van der Waals surface area contributed by atoms with Crippen LogP contribution in [0.15, 0.2) is 48.5 Å². The van der Waals surface area contributed by atoms with Crippen LogP contribution in [0.3, 0.4) is 0 Å². The van der Waals surface area contributed by atoms with Gasteiger partial charge in [0.15, 0.2) is 5.82 Å². The summed E-state index contributed by atoms with van der Waals surface area (Å²) in [5.41, 5.74) is 4.64. The van der Waals surface area contributed by atoms with Gasteiger partial charge in [-0.05, 0) is 70.1 Å². The topological polar surface area (TPSA) is 103 Å². The molecule has 2 aromatic carbocycles. The molecule has 3 heterocycles. The lowest BCUT2D eigenvalue weighted by Crippen LogP contribution is -2.44. The molecule has 0 spiro atoms. The third-order valence-electron chi connectivity index (χ3n) is 8.00. The van der Waals surface area contributed by atoms with Crippen LogP contribution >= 0.6 is 0 Å². The number of urea groups is 1. The highest BCUT2D eigenvalue weighted by Crippen LogP contribution is 2.32. The van der Waals surface area contributed by atoms with Gasteiger partial charge in [-0.25, -0.2) is 9.59 Å². The van der Waals surface area contributed by atoms with Crippen molar-refractivity contribution in [2.75, 3.05) is 54.9 Å². The smallest absolute Gasteiger partial charge is 0.435 e. The molecule has 0 atom stereocenters. The quantitative estimate of drug-likeness (QED) is 0.423. The lowest BCUT2D eigenvalue weighted by atomic mass is 10.1. The fourth-order valence-corrected chi connectivity index (χ4v) is 5.60. The van der Waals surface area contributed by atoms with Crippen LogP contribution in [-0.2, 0) is 24.2 Å². The van der Waals surface area contributed by atoms with Crippen LogP contribution in [0, 0.1) is 0 Å². The van der Waals surface area contributed by atoms with Crippen molar-refractivity contribution in [3.05, 3.63) is 70.9 Å². The molecule has 3 aromatic rings. The van der Waals surface area contributed by atoms with Crippen LogP contribution < -0.4 is 15.1 Å². The number of hydrogen-bond donors (Lipinski definition) is 1. The van der Waals surface area contributed by atoms with E-state index < -0.39 is 6.09 Å². The molecule has 1 saturated heterocycles. The Morgan fingerprint density at radius 2 is 1.67 bits per heavy atom. The first kappa shape index (κ1) is 30.1. The number of hydrogen-bond acceptors (Lipinski definition) is 7. The number of anilines is 3. The van der Waals surface area contributed by atoms with Crippen LogP contribution in [0.2, 0.25) is 0 Å². The number of aromatic nitrogens is 2. The van der Waals surface area contributed by atoms with E-state index in [1.807, 2.05) is 43.3 Å². The summed E-state index contributed by atoms with van der Waals surface area (Å²) in [6.45, 7) is 12.2. The molecule has 228 valence electrons. The third kappa shape index (κ3) is 6.36. The maximum atomic E-state index is 13.8. The number of piperazine rings is 1. The zero-order valence-corrected chi connectivity index (χ0v) is 25.7. The number of para-hydroxylation sites is 1. The minimum absolute atomic E-state index is 0.161. The van der Waals surface area contributed by atoms with Gasteiger partial charge in [-0.2, -0.15) is 4.68 Å². The summed E-state index contributed by atoms with van der Waals surface area (Å²) in [4.78, 5) is 48.2. The molecule has 3 amide bonds. The van der Waals surface area contributed by atoms with Crippen molar-refractivity contribution in [1.82, 2.24) is 19.6 Å². The fraction of sp³-hybridized carbons (Fsp3) is 0.438. The van der Waals surface area contributed by atoms with E-state index in [9.17, 15) is 14.4 Å². The Hall–Kier alpha value is -4.38. The average Bonchev–Trinajstić information content (AvgIpc) is 3.58. The lowest BCUT2D eigenvalue weighted by Gasteiger charge is -2.34. The summed E-state index contributed by atoms with van der Waals surface area (Å²) in [6, 6.07) is 15.2. The predicted molar refractivity (Wildman–Crippen MR) is 167 cm³/mol. The van der Waals surface area contributed by atoms with Gasteiger partial charge >= 0.3 is 12.1 Å². The number of ether oxygens (including phenoxy) is 1. The maximum absolute atomic E-state index is 13.8. The molecule has 11 heteroatoms. The summed E-state index contributed by atoms with van der Waals surface area (Å²) in [5, 5.41) is 7.33. The minimum atomic E-state index is -0.652. The summed E-state index contributed by atoms with van der Waals surface area (Å²) >= 11 is 0. The van der Waals surface area contributed by atoms with E-state index in [4.69, 9.17) is 4.74 Å². The number of carbonyl (C=O) groups excluding carboxylic acids is 3. The standard InChI is InChI=1S/C32H41N7O4/c1-6-23-10-8-9-11-27(23)38(7-2)31(41)37-20-26-28(21-37)39(32(42)43-22(3)4)34-29(26)33-30(40)24-12-14-25(15-13-24)36-18-16-35(5)17-19-36/h8-15,22H,6-7,16-21H2,1-5H3,(H,33,34,40). The molecule has 5 rings (SSSR count). The monoisotopic (exact) mass is 587 g/mol. The Morgan fingerprint density at radius 3 is 2.33 bits per heavy atom. The number of carbonyl (C=O) groups is 3. The van der Waals surface area contributed by atoms with Gasteiger partial charge in [-0.3, -0.25) is 9.69 Å². The molecule has 1 N–H and O–H groups in total. The Bertz CT molecular complexity index is 1480. The minimum Gasteiger partial charge on any atom is -0.445 e. The van der Waals surface area contributed by atoms with Gasteiger partial charge in [0, 0.05) is 55.2 Å². The van der Waals surface area contributed by atoms with Crippen molar-refractivity contribution in [2.24, 2.45) is 0 Å². The van der Waals surface area contributed by atoms with Crippen LogP contribution in [0.4, 0.5) is 26.8 Å². The van der Waals surface area contributed by atoms with Crippen molar-refractivity contribution in [1.29, 1.82) is 0 Å². The van der Waals surface area contributed by atoms with E-state index in [-0.39, 0.29) is 36.9 Å². The number of likely N-dealkylation sites (N-methyl/N-ethyl adjacent to an activating group) is 1. The summed E-state index contributed by atoms with van der Waals surface area (Å²) in [6.07, 6.45) is -0.214. The largest absolute Gasteiger partial charge is 0.445 e. The summed E-state index contributed by atoms with van der Waals surface area (Å²) < 4.78 is 6.60. The van der Waals surface area contributed by atoms with Crippen LogP contribution in [0.1, 0.15) is 54.9 Å². The molecule has 0 unspecified atom stereocenters. The van der Waals surface area contributed by atoms with Gasteiger partial charge in [0.1, 0.15) is 0 Å². The second-order valence-corrected chi connectivity index (χ2v) is 11.3. The lowest BCUT2D eigenvalue weighted by molar-refractivity contribution is 0.102. The molecule has 11 nitrogen and oxygen atoms in total. The molecule has 2 aliphatic heterocycles. The number of nitrogens with zero attached hydrogens (tertiary/aromatic N) is 6. The van der Waals surface area contributed by atoms with Gasteiger partial charge < -0.3 is 24.8 Å². The summed E-state index contributed by atoms with van der Waals surface area (Å²) in [5.74, 6) is -0.0948. The molecule has 0 radical (unpaired) electrons. The Morgan fingerprint density at radius 1 is 0.977 bits per heavy atom. The zero-order valence-electron chi connectivity index (χ0n) is 25.7. The van der Waals surface area contributed by atoms with E-state index >= 15 is 0 Å². The SMILES string of the molecule is CCc1ccccc1N(CC)C(=O)N1Cc2c(NC(=O)c3ccc(N4CCN(C)CC4)cc3)nn(C(=O)OC(C)C)c2C1. The number of aryl methyl sites for hydroxylation is 1. The zero-order chi connectivity index (χ0) is 30.7. The van der Waals surface area contributed by atoms with E-state index in [0.29, 0.717) is 23.4 Å². The normalized spacial score (nSPS) is 15.0. The van der Waals surface area contributed by atoms with Crippen molar-refractivity contribution in [3.8, 4) is 0 Å². The van der Waals surface area contributed by atoms with Crippen molar-refractivity contribution in [3.63, 3.8) is 0 Å². The van der Waals surface area contributed by atoms with Crippen LogP contribution in [0.5, 0.6) is 0 Å². The predicted octanol–water partition coefficient (Wildman–Crippen LogP) is 4.80. The molecule has 1 fully saturated rings. The van der Waals surface area contributed by atoms with E-state index in [2.05, 4.69) is 34.2 Å². The van der Waals surface area contributed by atoms with Gasteiger partial charge in [-0.15, -0.1) is 5.10 Å². The molecular weight excluding hydrogens is 546 g/mol. The number of nitrogens with one attached hydrogen (secondary N) is 1. The van der Waals surface area contributed by atoms with Gasteiger partial charge in [-0.1, -0.05) is 25.1 Å².